The molecule has 1 N–H and O–H groups in total. The van der Waals surface area contributed by atoms with Crippen molar-refractivity contribution in [2.75, 3.05) is 0 Å². The van der Waals surface area contributed by atoms with Gasteiger partial charge in [0.1, 0.15) is 13.6 Å². The van der Waals surface area contributed by atoms with Gasteiger partial charge in [-0.2, -0.15) is 0 Å². The number of phenols is 1. The van der Waals surface area contributed by atoms with Crippen molar-refractivity contribution in [3.8, 4) is 5.75 Å². The van der Waals surface area contributed by atoms with Crippen LogP contribution in [0.15, 0.2) is 0 Å². The monoisotopic (exact) mass is 162 g/mol. The van der Waals surface area contributed by atoms with E-state index in [4.69, 9.17) is 0 Å². The van der Waals surface area contributed by atoms with Crippen LogP contribution in [0.4, 0.5) is 0 Å². The molecule has 0 fully saturated rings. The van der Waals surface area contributed by atoms with Gasteiger partial charge in [-0.15, -0.1) is 0 Å². The van der Waals surface area contributed by atoms with Gasteiger partial charge in [0.25, 0.3) is 0 Å². The number of benzene rings is 1. The summed E-state index contributed by atoms with van der Waals surface area (Å²) in [5, 5.41) is 9.69. The third-order valence-electron chi connectivity index (χ3n) is 2.96. The van der Waals surface area contributed by atoms with Crippen molar-refractivity contribution in [3.05, 3.63) is 22.3 Å². The zero-order valence-electron chi connectivity index (χ0n) is 8.45. The van der Waals surface area contributed by atoms with Gasteiger partial charge in [-0.3, -0.25) is 0 Å². The maximum Gasteiger partial charge on any atom is 0.144 e. The topological polar surface area (TPSA) is 20.2 Å². The molecule has 1 nitrogen and oxygen atoms in total. The van der Waals surface area contributed by atoms with Crippen molar-refractivity contribution in [1.29, 1.82) is 0 Å². The second-order valence-corrected chi connectivity index (χ2v) is 3.47. The molecule has 1 rings (SSSR count). The predicted octanol–water partition coefficient (Wildman–Crippen LogP) is 0.884. The number of hydrogen-bond donors (Lipinski definition) is 1. The first kappa shape index (κ1) is 9.18. The molecule has 0 saturated carbocycles. The molecule has 64 valence electrons. The Morgan fingerprint density at radius 3 is 1.75 bits per heavy atom. The van der Waals surface area contributed by atoms with Crippen LogP contribution in [0.1, 0.15) is 22.3 Å². The molecule has 0 heterocycles. The van der Waals surface area contributed by atoms with Crippen molar-refractivity contribution >= 4 is 13.3 Å². The normalized spacial score (nSPS) is 10.3. The van der Waals surface area contributed by atoms with E-state index in [0.717, 1.165) is 11.0 Å². The van der Waals surface area contributed by atoms with E-state index < -0.39 is 0 Å². The van der Waals surface area contributed by atoms with Gasteiger partial charge in [0, 0.05) is 0 Å². The summed E-state index contributed by atoms with van der Waals surface area (Å²) in [6.07, 6.45) is 0. The molecule has 0 radical (unpaired) electrons. The molecule has 0 unspecified atom stereocenters. The Morgan fingerprint density at radius 1 is 0.833 bits per heavy atom. The third-order valence-corrected chi connectivity index (χ3v) is 2.96. The number of phenolic OH excluding ortho intramolecular Hbond substituents is 1. The van der Waals surface area contributed by atoms with E-state index in [1.807, 2.05) is 14.8 Å². The Labute approximate surface area is 74.8 Å². The SMILES string of the molecule is Bc1c(C)c(C)c(C)c(C)c1O. The van der Waals surface area contributed by atoms with Gasteiger partial charge < -0.3 is 5.11 Å². The van der Waals surface area contributed by atoms with Crippen LogP contribution in [-0.4, -0.2) is 13.0 Å². The molecule has 0 amide bonds. The molecular formula is C10H15BO. The lowest BCUT2D eigenvalue weighted by atomic mass is 9.83. The Morgan fingerprint density at radius 2 is 1.25 bits per heavy atom. The second-order valence-electron chi connectivity index (χ2n) is 3.47. The molecule has 1 aromatic carbocycles. The summed E-state index contributed by atoms with van der Waals surface area (Å²) in [6, 6.07) is 0. The Hall–Kier alpha value is -0.915. The van der Waals surface area contributed by atoms with Gasteiger partial charge in [0.15, 0.2) is 0 Å². The maximum absolute atomic E-state index is 9.69. The minimum atomic E-state index is 0.454. The fraction of sp³-hybridized carbons (Fsp3) is 0.400. The van der Waals surface area contributed by atoms with Gasteiger partial charge >= 0.3 is 0 Å². The van der Waals surface area contributed by atoms with Crippen LogP contribution in [0.5, 0.6) is 5.75 Å². The summed E-state index contributed by atoms with van der Waals surface area (Å²) in [5.41, 5.74) is 5.72. The van der Waals surface area contributed by atoms with Crippen LogP contribution in [0, 0.1) is 27.7 Å². The first-order valence-electron chi connectivity index (χ1n) is 4.22. The molecule has 0 saturated heterocycles. The standard InChI is InChI=1S/C10H15BO/c1-5-6(2)8(4)10(12)9(11)7(5)3/h12H,11H2,1-4H3. The first-order valence-corrected chi connectivity index (χ1v) is 4.22. The average Bonchev–Trinajstić information content (AvgIpc) is 2.08. The molecule has 0 bridgehead atoms. The Kier molecular flexibility index (Phi) is 2.18. The summed E-state index contributed by atoms with van der Waals surface area (Å²) in [4.78, 5) is 0. The molecule has 0 aliphatic rings. The molecule has 0 spiro atoms. The van der Waals surface area contributed by atoms with E-state index in [0.29, 0.717) is 5.75 Å². The molecular weight excluding hydrogens is 147 g/mol. The zero-order valence-corrected chi connectivity index (χ0v) is 8.45. The summed E-state index contributed by atoms with van der Waals surface area (Å²) >= 11 is 0. The Balaban J connectivity index is 3.60. The molecule has 0 atom stereocenters. The molecule has 12 heavy (non-hydrogen) atoms. The number of aromatic hydroxyl groups is 1. The van der Waals surface area contributed by atoms with Gasteiger partial charge in [0.05, 0.1) is 0 Å². The quantitative estimate of drug-likeness (QED) is 0.561. The third kappa shape index (κ3) is 1.11. The van der Waals surface area contributed by atoms with Crippen LogP contribution in [0.25, 0.3) is 0 Å². The van der Waals surface area contributed by atoms with Crippen LogP contribution in [0.3, 0.4) is 0 Å². The molecule has 2 heteroatoms. The smallest absolute Gasteiger partial charge is 0.144 e. The van der Waals surface area contributed by atoms with Gasteiger partial charge in [-0.1, -0.05) is 5.56 Å². The van der Waals surface area contributed by atoms with Crippen LogP contribution in [0.2, 0.25) is 0 Å². The highest BCUT2D eigenvalue weighted by molar-refractivity contribution is 6.35. The molecule has 1 aromatic rings. The van der Waals surface area contributed by atoms with E-state index in [1.54, 1.807) is 0 Å². The van der Waals surface area contributed by atoms with Crippen molar-refractivity contribution in [2.45, 2.75) is 27.7 Å². The lowest BCUT2D eigenvalue weighted by molar-refractivity contribution is 0.474. The van der Waals surface area contributed by atoms with Crippen LogP contribution < -0.4 is 5.46 Å². The summed E-state index contributed by atoms with van der Waals surface area (Å²) in [6.45, 7) is 8.17. The van der Waals surface area contributed by atoms with Gasteiger partial charge in [-0.25, -0.2) is 0 Å². The highest BCUT2D eigenvalue weighted by atomic mass is 16.3. The van der Waals surface area contributed by atoms with Crippen LogP contribution >= 0.6 is 0 Å². The summed E-state index contributed by atoms with van der Waals surface area (Å²) < 4.78 is 0. The first-order chi connectivity index (χ1) is 5.46. The van der Waals surface area contributed by atoms with E-state index in [9.17, 15) is 5.11 Å². The highest BCUT2D eigenvalue weighted by Crippen LogP contribution is 2.22. The fourth-order valence-corrected chi connectivity index (χ4v) is 1.48. The zero-order chi connectivity index (χ0) is 9.46. The van der Waals surface area contributed by atoms with Crippen molar-refractivity contribution in [2.24, 2.45) is 0 Å². The summed E-state index contributed by atoms with van der Waals surface area (Å²) in [7, 11) is 1.96. The van der Waals surface area contributed by atoms with Crippen molar-refractivity contribution in [1.82, 2.24) is 0 Å². The highest BCUT2D eigenvalue weighted by Gasteiger charge is 2.09. The molecule has 0 aliphatic carbocycles. The maximum atomic E-state index is 9.69. The minimum absolute atomic E-state index is 0.454. The molecule has 0 aliphatic heterocycles. The number of rotatable bonds is 0. The minimum Gasteiger partial charge on any atom is -0.508 e. The second kappa shape index (κ2) is 2.85. The van der Waals surface area contributed by atoms with Crippen molar-refractivity contribution in [3.63, 3.8) is 0 Å². The van der Waals surface area contributed by atoms with Gasteiger partial charge in [0.2, 0.25) is 0 Å². The van der Waals surface area contributed by atoms with Gasteiger partial charge in [-0.05, 0) is 49.8 Å². The lowest BCUT2D eigenvalue weighted by Gasteiger charge is -2.14. The van der Waals surface area contributed by atoms with E-state index in [-0.39, 0.29) is 0 Å². The van der Waals surface area contributed by atoms with E-state index >= 15 is 0 Å². The summed E-state index contributed by atoms with van der Waals surface area (Å²) in [5.74, 6) is 0.454. The lowest BCUT2D eigenvalue weighted by Crippen LogP contribution is -2.12. The van der Waals surface area contributed by atoms with E-state index in [1.165, 1.54) is 16.7 Å². The predicted molar refractivity (Wildman–Crippen MR) is 55.2 cm³/mol. The average molecular weight is 162 g/mol. The fourth-order valence-electron chi connectivity index (χ4n) is 1.48. The van der Waals surface area contributed by atoms with Crippen molar-refractivity contribution < 1.29 is 5.11 Å². The largest absolute Gasteiger partial charge is 0.508 e. The molecule has 0 aromatic heterocycles. The van der Waals surface area contributed by atoms with E-state index in [2.05, 4.69) is 20.8 Å². The Bertz CT molecular complexity index is 224. The number of hydrogen-bond acceptors (Lipinski definition) is 1. The van der Waals surface area contributed by atoms with Crippen LogP contribution in [-0.2, 0) is 0 Å².